The molecular weight excluding hydrogens is 194 g/mol. The number of carbonyl (C=O) groups excluding carboxylic acids is 2. The Morgan fingerprint density at radius 2 is 2.20 bits per heavy atom. The molecule has 0 radical (unpaired) electrons. The van der Waals surface area contributed by atoms with E-state index in [0.717, 1.165) is 5.56 Å². The van der Waals surface area contributed by atoms with Gasteiger partial charge < -0.3 is 10.1 Å². The molecule has 0 unspecified atom stereocenters. The molecule has 15 heavy (non-hydrogen) atoms. The maximum absolute atomic E-state index is 11.3. The average Bonchev–Trinajstić information content (AvgIpc) is 2.53. The summed E-state index contributed by atoms with van der Waals surface area (Å²) in [6.45, 7) is 3.64. The Morgan fingerprint density at radius 1 is 1.47 bits per heavy atom. The Kier molecular flexibility index (Phi) is 2.04. The van der Waals surface area contributed by atoms with E-state index in [1.54, 1.807) is 18.2 Å². The number of carbonyl (C=O) groups is 2. The Balaban J connectivity index is 2.46. The van der Waals surface area contributed by atoms with Gasteiger partial charge in [-0.05, 0) is 12.1 Å². The molecule has 1 amide bonds. The third-order valence-corrected chi connectivity index (χ3v) is 2.29. The van der Waals surface area contributed by atoms with Crippen LogP contribution in [-0.2, 0) is 9.53 Å². The van der Waals surface area contributed by atoms with Crippen LogP contribution in [0.4, 0.5) is 5.69 Å². The van der Waals surface area contributed by atoms with Gasteiger partial charge in [0.2, 0.25) is 0 Å². The van der Waals surface area contributed by atoms with Crippen LogP contribution < -0.4 is 5.32 Å². The van der Waals surface area contributed by atoms with Crippen molar-refractivity contribution in [1.29, 1.82) is 0 Å². The molecule has 1 aromatic rings. The van der Waals surface area contributed by atoms with Crippen molar-refractivity contribution in [1.82, 2.24) is 0 Å². The summed E-state index contributed by atoms with van der Waals surface area (Å²) in [5.41, 5.74) is 2.16. The van der Waals surface area contributed by atoms with Crippen molar-refractivity contribution in [3.05, 3.63) is 35.9 Å². The van der Waals surface area contributed by atoms with E-state index in [0.29, 0.717) is 16.8 Å². The third kappa shape index (κ3) is 1.40. The molecule has 0 atom stereocenters. The van der Waals surface area contributed by atoms with E-state index >= 15 is 0 Å². The maximum Gasteiger partial charge on any atom is 0.337 e. The molecule has 0 aliphatic carbocycles. The molecule has 4 nitrogen and oxygen atoms in total. The first-order chi connectivity index (χ1) is 7.13. The van der Waals surface area contributed by atoms with Crippen molar-refractivity contribution in [2.45, 2.75) is 0 Å². The monoisotopic (exact) mass is 203 g/mol. The smallest absolute Gasteiger partial charge is 0.337 e. The molecule has 0 bridgehead atoms. The van der Waals surface area contributed by atoms with Crippen LogP contribution >= 0.6 is 0 Å². The van der Waals surface area contributed by atoms with Crippen LogP contribution in [0.3, 0.4) is 0 Å². The summed E-state index contributed by atoms with van der Waals surface area (Å²) in [5, 5.41) is 2.62. The van der Waals surface area contributed by atoms with Crippen molar-refractivity contribution in [3.8, 4) is 0 Å². The number of hydrogen-bond acceptors (Lipinski definition) is 3. The molecule has 76 valence electrons. The predicted octanol–water partition coefficient (Wildman–Crippen LogP) is 1.44. The van der Waals surface area contributed by atoms with Crippen LogP contribution in [0, 0.1) is 0 Å². The van der Waals surface area contributed by atoms with Crippen LogP contribution in [0.15, 0.2) is 24.8 Å². The summed E-state index contributed by atoms with van der Waals surface area (Å²) in [6, 6.07) is 4.87. The fraction of sp³-hybridized carbons (Fsp3) is 0.0909. The van der Waals surface area contributed by atoms with Crippen molar-refractivity contribution in [3.63, 3.8) is 0 Å². The first-order valence-corrected chi connectivity index (χ1v) is 4.36. The lowest BCUT2D eigenvalue weighted by atomic mass is 10.1. The van der Waals surface area contributed by atoms with Crippen molar-refractivity contribution in [2.75, 3.05) is 12.4 Å². The van der Waals surface area contributed by atoms with E-state index in [2.05, 4.69) is 16.6 Å². The van der Waals surface area contributed by atoms with Crippen molar-refractivity contribution >= 4 is 23.1 Å². The third-order valence-electron chi connectivity index (χ3n) is 2.29. The maximum atomic E-state index is 11.3. The van der Waals surface area contributed by atoms with Gasteiger partial charge in [-0.25, -0.2) is 4.79 Å². The van der Waals surface area contributed by atoms with Crippen molar-refractivity contribution < 1.29 is 14.3 Å². The van der Waals surface area contributed by atoms with E-state index in [-0.39, 0.29) is 5.91 Å². The predicted molar refractivity (Wildman–Crippen MR) is 55.4 cm³/mol. The molecule has 0 aromatic heterocycles. The van der Waals surface area contributed by atoms with Gasteiger partial charge in [0, 0.05) is 16.8 Å². The highest BCUT2D eigenvalue weighted by Gasteiger charge is 2.23. The molecule has 0 saturated heterocycles. The van der Waals surface area contributed by atoms with Crippen LogP contribution in [0.25, 0.3) is 5.57 Å². The zero-order chi connectivity index (χ0) is 11.0. The number of anilines is 1. The molecule has 1 aliphatic rings. The number of rotatable bonds is 1. The molecule has 0 fully saturated rings. The van der Waals surface area contributed by atoms with E-state index in [4.69, 9.17) is 0 Å². The van der Waals surface area contributed by atoms with E-state index in [9.17, 15) is 9.59 Å². The van der Waals surface area contributed by atoms with Crippen LogP contribution in [-0.4, -0.2) is 19.0 Å². The number of ether oxygens (including phenoxy) is 1. The Hall–Kier alpha value is -2.10. The Bertz CT molecular complexity index is 477. The van der Waals surface area contributed by atoms with Crippen molar-refractivity contribution in [2.24, 2.45) is 0 Å². The normalized spacial score (nSPS) is 13.4. The zero-order valence-corrected chi connectivity index (χ0v) is 8.16. The summed E-state index contributed by atoms with van der Waals surface area (Å²) in [5.74, 6) is -0.656. The SMILES string of the molecule is C=C1C(=O)Nc2cc(C(=O)OC)ccc21. The molecule has 4 heteroatoms. The zero-order valence-electron chi connectivity index (χ0n) is 8.16. The highest BCUT2D eigenvalue weighted by atomic mass is 16.5. The van der Waals surface area contributed by atoms with Crippen LogP contribution in [0.2, 0.25) is 0 Å². The van der Waals surface area contributed by atoms with Gasteiger partial charge in [-0.2, -0.15) is 0 Å². The van der Waals surface area contributed by atoms with Gasteiger partial charge in [0.1, 0.15) is 0 Å². The molecule has 2 rings (SSSR count). The number of esters is 1. The van der Waals surface area contributed by atoms with Gasteiger partial charge in [-0.1, -0.05) is 12.6 Å². The fourth-order valence-electron chi connectivity index (χ4n) is 1.48. The van der Waals surface area contributed by atoms with E-state index in [1.165, 1.54) is 7.11 Å². The molecule has 0 saturated carbocycles. The average molecular weight is 203 g/mol. The summed E-state index contributed by atoms with van der Waals surface area (Å²) in [6.07, 6.45) is 0. The molecule has 0 spiro atoms. The number of nitrogens with one attached hydrogen (secondary N) is 1. The summed E-state index contributed by atoms with van der Waals surface area (Å²) in [7, 11) is 1.31. The second-order valence-corrected chi connectivity index (χ2v) is 3.18. The molecule has 1 aliphatic heterocycles. The Labute approximate surface area is 86.5 Å². The minimum atomic E-state index is -0.426. The second kappa shape index (κ2) is 3.24. The lowest BCUT2D eigenvalue weighted by Crippen LogP contribution is -2.04. The van der Waals surface area contributed by atoms with Gasteiger partial charge in [0.05, 0.1) is 12.7 Å². The molecular formula is C11H9NO3. The minimum absolute atomic E-state index is 0.230. The van der Waals surface area contributed by atoms with Gasteiger partial charge >= 0.3 is 5.97 Å². The summed E-state index contributed by atoms with van der Waals surface area (Å²) >= 11 is 0. The quantitative estimate of drug-likeness (QED) is 0.555. The standard InChI is InChI=1S/C11H9NO3/c1-6-8-4-3-7(11(14)15-2)5-9(8)12-10(6)13/h3-5H,1H2,2H3,(H,12,13). The van der Waals surface area contributed by atoms with Crippen LogP contribution in [0.1, 0.15) is 15.9 Å². The van der Waals surface area contributed by atoms with Gasteiger partial charge in [-0.3, -0.25) is 4.79 Å². The molecule has 1 heterocycles. The molecule has 1 N–H and O–H groups in total. The van der Waals surface area contributed by atoms with Gasteiger partial charge in [0.25, 0.3) is 5.91 Å². The fourth-order valence-corrected chi connectivity index (χ4v) is 1.48. The minimum Gasteiger partial charge on any atom is -0.465 e. The number of benzene rings is 1. The van der Waals surface area contributed by atoms with Crippen LogP contribution in [0.5, 0.6) is 0 Å². The largest absolute Gasteiger partial charge is 0.465 e. The summed E-state index contributed by atoms with van der Waals surface area (Å²) in [4.78, 5) is 22.5. The highest BCUT2D eigenvalue weighted by Crippen LogP contribution is 2.31. The second-order valence-electron chi connectivity index (χ2n) is 3.18. The van der Waals surface area contributed by atoms with Gasteiger partial charge in [-0.15, -0.1) is 0 Å². The van der Waals surface area contributed by atoms with E-state index < -0.39 is 5.97 Å². The first-order valence-electron chi connectivity index (χ1n) is 4.36. The highest BCUT2D eigenvalue weighted by molar-refractivity contribution is 6.31. The first kappa shape index (κ1) is 9.45. The number of hydrogen-bond donors (Lipinski definition) is 1. The number of amides is 1. The van der Waals surface area contributed by atoms with Gasteiger partial charge in [0.15, 0.2) is 0 Å². The molecule has 1 aromatic carbocycles. The lowest BCUT2D eigenvalue weighted by molar-refractivity contribution is -0.110. The number of fused-ring (bicyclic) bond motifs is 1. The lowest BCUT2D eigenvalue weighted by Gasteiger charge is -2.01. The number of methoxy groups -OCH3 is 1. The van der Waals surface area contributed by atoms with E-state index in [1.807, 2.05) is 0 Å². The summed E-state index contributed by atoms with van der Waals surface area (Å²) < 4.78 is 4.58. The topological polar surface area (TPSA) is 55.4 Å². The Morgan fingerprint density at radius 3 is 2.87 bits per heavy atom.